The number of rotatable bonds is 9. The first-order chi connectivity index (χ1) is 14.5. The van der Waals surface area contributed by atoms with Gasteiger partial charge in [0.2, 0.25) is 0 Å². The van der Waals surface area contributed by atoms with Gasteiger partial charge in [-0.05, 0) is 24.5 Å². The maximum Gasteiger partial charge on any atom is 0.125 e. The predicted octanol–water partition coefficient (Wildman–Crippen LogP) is 3.57. The van der Waals surface area contributed by atoms with E-state index in [1.807, 2.05) is 13.8 Å². The Labute approximate surface area is 181 Å². The summed E-state index contributed by atoms with van der Waals surface area (Å²) in [5, 5.41) is 10.4. The van der Waals surface area contributed by atoms with E-state index in [-0.39, 0.29) is 12.6 Å². The summed E-state index contributed by atoms with van der Waals surface area (Å²) in [6.07, 6.45) is 5.75. The number of piperazine rings is 1. The number of hydrogen-bond donors (Lipinski definition) is 1. The zero-order chi connectivity index (χ0) is 21.4. The molecule has 30 heavy (non-hydrogen) atoms. The van der Waals surface area contributed by atoms with E-state index >= 15 is 0 Å². The van der Waals surface area contributed by atoms with E-state index in [4.69, 9.17) is 11.2 Å². The summed E-state index contributed by atoms with van der Waals surface area (Å²) in [6.45, 7) is 8.54. The summed E-state index contributed by atoms with van der Waals surface area (Å²) in [6, 6.07) is 21.7. The first-order valence-corrected chi connectivity index (χ1v) is 10.9. The van der Waals surface area contributed by atoms with Crippen molar-refractivity contribution in [2.75, 3.05) is 39.3 Å². The van der Waals surface area contributed by atoms with Crippen molar-refractivity contribution in [1.82, 2.24) is 9.80 Å². The van der Waals surface area contributed by atoms with Crippen molar-refractivity contribution in [2.24, 2.45) is 0 Å². The Morgan fingerprint density at radius 1 is 1.00 bits per heavy atom. The monoisotopic (exact) mass is 406 g/mol. The molecule has 4 nitrogen and oxygen atoms in total. The minimum Gasteiger partial charge on any atom is -0.389 e. The summed E-state index contributed by atoms with van der Waals surface area (Å²) in [4.78, 5) is 4.85. The van der Waals surface area contributed by atoms with Crippen molar-refractivity contribution in [3.8, 4) is 12.3 Å². The molecular weight excluding hydrogens is 372 g/mol. The fourth-order valence-electron chi connectivity index (χ4n) is 3.97. The quantitative estimate of drug-likeness (QED) is 0.646. The minimum absolute atomic E-state index is 0.253. The Morgan fingerprint density at radius 2 is 1.53 bits per heavy atom. The summed E-state index contributed by atoms with van der Waals surface area (Å²) in [7, 11) is 0. The molecule has 1 heterocycles. The number of terminal acetylenes is 1. The lowest BCUT2D eigenvalue weighted by Gasteiger charge is -2.40. The van der Waals surface area contributed by atoms with Crippen LogP contribution in [-0.4, -0.2) is 65.9 Å². The summed E-state index contributed by atoms with van der Waals surface area (Å²) < 4.78 is 5.78. The van der Waals surface area contributed by atoms with Gasteiger partial charge in [-0.3, -0.25) is 9.80 Å². The highest BCUT2D eigenvalue weighted by Gasteiger charge is 2.27. The largest absolute Gasteiger partial charge is 0.389 e. The molecule has 2 aromatic rings. The van der Waals surface area contributed by atoms with E-state index in [9.17, 15) is 5.11 Å². The van der Waals surface area contributed by atoms with Crippen LogP contribution < -0.4 is 0 Å². The molecular formula is C26H34N2O2. The van der Waals surface area contributed by atoms with Crippen LogP contribution in [0.4, 0.5) is 0 Å². The molecule has 0 saturated carbocycles. The molecule has 1 saturated heterocycles. The lowest BCUT2D eigenvalue weighted by molar-refractivity contribution is -0.0506. The summed E-state index contributed by atoms with van der Waals surface area (Å²) in [5.41, 5.74) is 2.04. The van der Waals surface area contributed by atoms with E-state index in [2.05, 4.69) is 76.4 Å². The molecule has 2 atom stereocenters. The Kier molecular flexibility index (Phi) is 8.07. The van der Waals surface area contributed by atoms with Gasteiger partial charge in [0.25, 0.3) is 0 Å². The standard InChI is InChI=1S/C26H34N2O2/c1-4-26(3,5-2)30-21-24(29)20-27-16-18-28(19-17-27)25(22-12-8-6-9-13-22)23-14-10-7-11-15-23/h1,6-15,24-25,29H,5,16-21H2,2-3H3/t24-,26-/m1/s1. The molecule has 0 unspecified atom stereocenters. The predicted molar refractivity (Wildman–Crippen MR) is 122 cm³/mol. The van der Waals surface area contributed by atoms with E-state index in [0.717, 1.165) is 32.6 Å². The maximum absolute atomic E-state index is 10.4. The summed E-state index contributed by atoms with van der Waals surface area (Å²) >= 11 is 0. The van der Waals surface area contributed by atoms with Crippen molar-refractivity contribution < 1.29 is 9.84 Å². The molecule has 3 rings (SSSR count). The molecule has 1 fully saturated rings. The van der Waals surface area contributed by atoms with Gasteiger partial charge in [-0.15, -0.1) is 6.42 Å². The smallest absolute Gasteiger partial charge is 0.125 e. The molecule has 1 N–H and O–H groups in total. The van der Waals surface area contributed by atoms with Gasteiger partial charge in [0.05, 0.1) is 18.8 Å². The van der Waals surface area contributed by atoms with Crippen LogP contribution in [0.2, 0.25) is 0 Å². The van der Waals surface area contributed by atoms with Crippen LogP contribution in [0.25, 0.3) is 0 Å². The second-order valence-electron chi connectivity index (χ2n) is 8.25. The average molecular weight is 407 g/mol. The Morgan fingerprint density at radius 3 is 2.00 bits per heavy atom. The SMILES string of the molecule is C#C[C@](C)(CC)OC[C@H](O)CN1CCN(C(c2ccccc2)c2ccccc2)CC1. The van der Waals surface area contributed by atoms with Crippen molar-refractivity contribution in [3.05, 3.63) is 71.8 Å². The highest BCUT2D eigenvalue weighted by atomic mass is 16.5. The lowest BCUT2D eigenvalue weighted by atomic mass is 9.96. The molecule has 0 amide bonds. The topological polar surface area (TPSA) is 35.9 Å². The first kappa shape index (κ1) is 22.5. The number of nitrogens with zero attached hydrogens (tertiary/aromatic N) is 2. The van der Waals surface area contributed by atoms with E-state index in [0.29, 0.717) is 6.54 Å². The Hall–Kier alpha value is -2.16. The molecule has 160 valence electrons. The number of benzene rings is 2. The number of aliphatic hydroxyl groups excluding tert-OH is 1. The third-order valence-electron chi connectivity index (χ3n) is 6.05. The van der Waals surface area contributed by atoms with Gasteiger partial charge in [0, 0.05) is 32.7 Å². The lowest BCUT2D eigenvalue weighted by Crippen LogP contribution is -2.50. The second kappa shape index (κ2) is 10.7. The summed E-state index contributed by atoms with van der Waals surface area (Å²) in [5.74, 6) is 2.68. The molecule has 0 aliphatic carbocycles. The Balaban J connectivity index is 1.57. The minimum atomic E-state index is -0.599. The highest BCUT2D eigenvalue weighted by Crippen LogP contribution is 2.29. The fraction of sp³-hybridized carbons (Fsp3) is 0.462. The molecule has 1 aliphatic heterocycles. The van der Waals surface area contributed by atoms with Gasteiger partial charge >= 0.3 is 0 Å². The van der Waals surface area contributed by atoms with E-state index in [1.165, 1.54) is 11.1 Å². The highest BCUT2D eigenvalue weighted by molar-refractivity contribution is 5.31. The van der Waals surface area contributed by atoms with Gasteiger partial charge in [-0.25, -0.2) is 0 Å². The van der Waals surface area contributed by atoms with Crippen LogP contribution >= 0.6 is 0 Å². The third kappa shape index (κ3) is 5.93. The second-order valence-corrected chi connectivity index (χ2v) is 8.25. The average Bonchev–Trinajstić information content (AvgIpc) is 2.80. The molecule has 0 radical (unpaired) electrons. The molecule has 1 aliphatic rings. The zero-order valence-corrected chi connectivity index (χ0v) is 18.2. The van der Waals surface area contributed by atoms with Crippen LogP contribution in [0.5, 0.6) is 0 Å². The van der Waals surface area contributed by atoms with Crippen molar-refractivity contribution in [2.45, 2.75) is 38.0 Å². The van der Waals surface area contributed by atoms with Gasteiger partial charge in [-0.2, -0.15) is 0 Å². The first-order valence-electron chi connectivity index (χ1n) is 10.9. The molecule has 2 aromatic carbocycles. The van der Waals surface area contributed by atoms with Crippen LogP contribution in [0.15, 0.2) is 60.7 Å². The number of β-amino-alcohol motifs (C(OH)–C–C–N with tert-alkyl or cyclic N) is 1. The molecule has 4 heteroatoms. The van der Waals surface area contributed by atoms with Gasteiger partial charge < -0.3 is 9.84 Å². The molecule has 0 spiro atoms. The number of aliphatic hydroxyl groups is 1. The number of hydrogen-bond acceptors (Lipinski definition) is 4. The van der Waals surface area contributed by atoms with Crippen molar-refractivity contribution in [3.63, 3.8) is 0 Å². The van der Waals surface area contributed by atoms with Gasteiger partial charge in [0.1, 0.15) is 5.60 Å². The Bertz CT molecular complexity index is 757. The normalized spacial score (nSPS) is 18.6. The number of ether oxygens (including phenoxy) is 1. The van der Waals surface area contributed by atoms with Crippen LogP contribution in [0, 0.1) is 12.3 Å². The van der Waals surface area contributed by atoms with Crippen LogP contribution in [0.3, 0.4) is 0 Å². The van der Waals surface area contributed by atoms with Gasteiger partial charge in [0.15, 0.2) is 0 Å². The van der Waals surface area contributed by atoms with Crippen molar-refractivity contribution in [1.29, 1.82) is 0 Å². The molecule has 0 aromatic heterocycles. The fourth-order valence-corrected chi connectivity index (χ4v) is 3.97. The third-order valence-corrected chi connectivity index (χ3v) is 6.05. The maximum atomic E-state index is 10.4. The van der Waals surface area contributed by atoms with E-state index < -0.39 is 11.7 Å². The van der Waals surface area contributed by atoms with Crippen LogP contribution in [0.1, 0.15) is 37.4 Å². The van der Waals surface area contributed by atoms with E-state index in [1.54, 1.807) is 0 Å². The van der Waals surface area contributed by atoms with Gasteiger partial charge in [-0.1, -0.05) is 73.5 Å². The van der Waals surface area contributed by atoms with Crippen LogP contribution in [-0.2, 0) is 4.74 Å². The van der Waals surface area contributed by atoms with Crippen molar-refractivity contribution >= 4 is 0 Å². The molecule has 0 bridgehead atoms. The zero-order valence-electron chi connectivity index (χ0n) is 18.2.